The van der Waals surface area contributed by atoms with Gasteiger partial charge in [0, 0.05) is 19.0 Å². The van der Waals surface area contributed by atoms with Gasteiger partial charge in [-0.15, -0.1) is 0 Å². The zero-order chi connectivity index (χ0) is 23.1. The van der Waals surface area contributed by atoms with Crippen molar-refractivity contribution < 1.29 is 34.3 Å². The van der Waals surface area contributed by atoms with Crippen LogP contribution in [0.3, 0.4) is 0 Å². The second kappa shape index (κ2) is 9.96. The van der Waals surface area contributed by atoms with E-state index in [1.165, 1.54) is 0 Å². The van der Waals surface area contributed by atoms with Gasteiger partial charge in [0.2, 0.25) is 5.91 Å². The third kappa shape index (κ3) is 5.63. The van der Waals surface area contributed by atoms with Crippen molar-refractivity contribution in [2.45, 2.75) is 25.4 Å². The normalized spacial score (nSPS) is 11.4. The minimum Gasteiger partial charge on any atom is -0.480 e. The standard InChI is InChI=1S/C20H19N3O8/c21-16(24)10-9-15(19(26)27)22(11-12-5-2-1-3-6-12)18(25)13-7-4-8-14(23(30)31)17(13)20(28)29/h1-8,15H,9-11H2,(H2,21,24)(H,26,27)(H,28,29)/t15-/m0/s1. The van der Waals surface area contributed by atoms with E-state index >= 15 is 0 Å². The van der Waals surface area contributed by atoms with Gasteiger partial charge < -0.3 is 20.8 Å². The number of rotatable bonds is 10. The Balaban J connectivity index is 2.60. The van der Waals surface area contributed by atoms with E-state index in [1.807, 2.05) is 0 Å². The van der Waals surface area contributed by atoms with Gasteiger partial charge in [-0.1, -0.05) is 36.4 Å². The summed E-state index contributed by atoms with van der Waals surface area (Å²) in [5, 5.41) is 30.4. The van der Waals surface area contributed by atoms with Crippen molar-refractivity contribution in [1.29, 1.82) is 0 Å². The van der Waals surface area contributed by atoms with E-state index in [4.69, 9.17) is 5.73 Å². The van der Waals surface area contributed by atoms with Crippen LogP contribution in [0.25, 0.3) is 0 Å². The Morgan fingerprint density at radius 2 is 1.68 bits per heavy atom. The molecule has 0 unspecified atom stereocenters. The first-order valence-corrected chi connectivity index (χ1v) is 9.00. The van der Waals surface area contributed by atoms with Gasteiger partial charge in [-0.3, -0.25) is 19.7 Å². The molecule has 0 aromatic heterocycles. The lowest BCUT2D eigenvalue weighted by atomic mass is 10.0. The number of amides is 2. The molecule has 0 aliphatic heterocycles. The SMILES string of the molecule is NC(=O)CC[C@@H](C(=O)O)N(Cc1ccccc1)C(=O)c1cccc([N+](=O)[O-])c1C(=O)O. The minimum atomic E-state index is -1.71. The maximum Gasteiger partial charge on any atom is 0.343 e. The molecular formula is C20H19N3O8. The Bertz CT molecular complexity index is 1020. The van der Waals surface area contributed by atoms with E-state index in [0.29, 0.717) is 5.56 Å². The minimum absolute atomic E-state index is 0.239. The molecule has 0 heterocycles. The molecule has 0 radical (unpaired) electrons. The van der Waals surface area contributed by atoms with Crippen molar-refractivity contribution in [2.75, 3.05) is 0 Å². The fourth-order valence-corrected chi connectivity index (χ4v) is 3.05. The number of benzene rings is 2. The fourth-order valence-electron chi connectivity index (χ4n) is 3.05. The Labute approximate surface area is 175 Å². The maximum absolute atomic E-state index is 13.3. The molecule has 0 fully saturated rings. The van der Waals surface area contributed by atoms with Gasteiger partial charge in [0.15, 0.2) is 0 Å². The van der Waals surface area contributed by atoms with Crippen molar-refractivity contribution in [1.82, 2.24) is 4.90 Å². The first-order chi connectivity index (χ1) is 14.6. The number of aromatic carboxylic acids is 1. The van der Waals surface area contributed by atoms with Crippen LogP contribution >= 0.6 is 0 Å². The number of primary amides is 1. The number of hydrogen-bond donors (Lipinski definition) is 3. The fraction of sp³-hybridized carbons (Fsp3) is 0.200. The number of carbonyl (C=O) groups excluding carboxylic acids is 2. The zero-order valence-electron chi connectivity index (χ0n) is 16.1. The van der Waals surface area contributed by atoms with Crippen LogP contribution in [0.15, 0.2) is 48.5 Å². The molecule has 2 rings (SSSR count). The van der Waals surface area contributed by atoms with E-state index in [1.54, 1.807) is 30.3 Å². The molecule has 162 valence electrons. The topological polar surface area (TPSA) is 181 Å². The number of nitrogens with zero attached hydrogens (tertiary/aromatic N) is 2. The van der Waals surface area contributed by atoms with Gasteiger partial charge in [-0.2, -0.15) is 0 Å². The monoisotopic (exact) mass is 429 g/mol. The molecule has 0 aliphatic carbocycles. The van der Waals surface area contributed by atoms with Crippen LogP contribution in [-0.2, 0) is 16.1 Å². The van der Waals surface area contributed by atoms with E-state index < -0.39 is 51.5 Å². The largest absolute Gasteiger partial charge is 0.480 e. The molecule has 1 atom stereocenters. The number of nitro groups is 1. The van der Waals surface area contributed by atoms with Gasteiger partial charge in [0.25, 0.3) is 11.6 Å². The number of nitrogens with two attached hydrogens (primary N) is 1. The number of aliphatic carboxylic acids is 1. The molecule has 2 aromatic carbocycles. The lowest BCUT2D eigenvalue weighted by molar-refractivity contribution is -0.385. The van der Waals surface area contributed by atoms with Gasteiger partial charge in [0.05, 0.1) is 10.5 Å². The number of hydrogen-bond acceptors (Lipinski definition) is 6. The molecule has 0 spiro atoms. The van der Waals surface area contributed by atoms with Crippen molar-refractivity contribution in [3.8, 4) is 0 Å². The van der Waals surface area contributed by atoms with Crippen molar-refractivity contribution >= 4 is 29.4 Å². The summed E-state index contributed by atoms with van der Waals surface area (Å²) in [5.74, 6) is -4.96. The van der Waals surface area contributed by atoms with E-state index in [9.17, 15) is 39.5 Å². The smallest absolute Gasteiger partial charge is 0.343 e. The number of carbonyl (C=O) groups is 4. The average molecular weight is 429 g/mol. The highest BCUT2D eigenvalue weighted by Gasteiger charge is 2.35. The predicted molar refractivity (Wildman–Crippen MR) is 106 cm³/mol. The van der Waals surface area contributed by atoms with Crippen LogP contribution in [-0.4, -0.2) is 49.8 Å². The van der Waals surface area contributed by atoms with Crippen LogP contribution in [0.2, 0.25) is 0 Å². The average Bonchev–Trinajstić information content (AvgIpc) is 2.72. The summed E-state index contributed by atoms with van der Waals surface area (Å²) in [6, 6.07) is 9.89. The summed E-state index contributed by atoms with van der Waals surface area (Å²) in [7, 11) is 0. The summed E-state index contributed by atoms with van der Waals surface area (Å²) < 4.78 is 0. The van der Waals surface area contributed by atoms with Gasteiger partial charge >= 0.3 is 11.9 Å². The van der Waals surface area contributed by atoms with Crippen molar-refractivity contribution in [2.24, 2.45) is 5.73 Å². The second-order valence-corrected chi connectivity index (χ2v) is 6.54. The van der Waals surface area contributed by atoms with Crippen LogP contribution in [0.1, 0.15) is 39.1 Å². The van der Waals surface area contributed by atoms with Crippen LogP contribution < -0.4 is 5.73 Å². The Kier molecular flexibility index (Phi) is 7.39. The quantitative estimate of drug-likeness (QED) is 0.376. The predicted octanol–water partition coefficient (Wildman–Crippen LogP) is 1.65. The Hall–Kier alpha value is -4.28. The van der Waals surface area contributed by atoms with Gasteiger partial charge in [-0.05, 0) is 18.1 Å². The van der Waals surface area contributed by atoms with E-state index in [-0.39, 0.29) is 19.4 Å². The lowest BCUT2D eigenvalue weighted by Gasteiger charge is -2.29. The summed E-state index contributed by atoms with van der Waals surface area (Å²) in [6.45, 7) is -0.239. The van der Waals surface area contributed by atoms with Crippen LogP contribution in [0.4, 0.5) is 5.69 Å². The third-order valence-corrected chi connectivity index (χ3v) is 4.47. The second-order valence-electron chi connectivity index (χ2n) is 6.54. The molecule has 31 heavy (non-hydrogen) atoms. The highest BCUT2D eigenvalue weighted by atomic mass is 16.6. The van der Waals surface area contributed by atoms with Crippen molar-refractivity contribution in [3.05, 3.63) is 75.3 Å². The molecule has 0 saturated heterocycles. The molecule has 0 aliphatic rings. The summed E-state index contributed by atoms with van der Waals surface area (Å²) in [5.41, 5.74) is 3.45. The first kappa shape index (κ1) is 23.0. The van der Waals surface area contributed by atoms with Gasteiger partial charge in [0.1, 0.15) is 11.6 Å². The molecule has 4 N–H and O–H groups in total. The molecule has 2 aromatic rings. The first-order valence-electron chi connectivity index (χ1n) is 9.00. The highest BCUT2D eigenvalue weighted by Crippen LogP contribution is 2.26. The molecule has 11 heteroatoms. The summed E-state index contributed by atoms with van der Waals surface area (Å²) in [6.07, 6.45) is -0.656. The molecule has 2 amide bonds. The third-order valence-electron chi connectivity index (χ3n) is 4.47. The molecular weight excluding hydrogens is 410 g/mol. The van der Waals surface area contributed by atoms with Crippen molar-refractivity contribution in [3.63, 3.8) is 0 Å². The Morgan fingerprint density at radius 3 is 2.19 bits per heavy atom. The number of nitro benzene ring substituents is 1. The van der Waals surface area contributed by atoms with Gasteiger partial charge in [-0.25, -0.2) is 9.59 Å². The highest BCUT2D eigenvalue weighted by molar-refractivity contribution is 6.08. The van der Waals surface area contributed by atoms with Crippen LogP contribution in [0, 0.1) is 10.1 Å². The van der Waals surface area contributed by atoms with Crippen LogP contribution in [0.5, 0.6) is 0 Å². The number of carboxylic acids is 2. The zero-order valence-corrected chi connectivity index (χ0v) is 16.1. The number of carboxylic acid groups (broad SMARTS) is 2. The molecule has 0 saturated carbocycles. The maximum atomic E-state index is 13.3. The molecule has 0 bridgehead atoms. The Morgan fingerprint density at radius 1 is 1.03 bits per heavy atom. The summed E-state index contributed by atoms with van der Waals surface area (Å²) >= 11 is 0. The van der Waals surface area contributed by atoms with E-state index in [0.717, 1.165) is 23.1 Å². The van der Waals surface area contributed by atoms with E-state index in [2.05, 4.69) is 0 Å². The summed E-state index contributed by atoms with van der Waals surface area (Å²) in [4.78, 5) is 59.3. The molecule has 11 nitrogen and oxygen atoms in total. The lowest BCUT2D eigenvalue weighted by Crippen LogP contribution is -2.45.